The van der Waals surface area contributed by atoms with Crippen LogP contribution in [-0.4, -0.2) is 26.7 Å². The minimum absolute atomic E-state index is 0.844. The Balaban J connectivity index is 1.65. The Hall–Kier alpha value is -1.98. The average molecular weight is 312 g/mol. The zero-order chi connectivity index (χ0) is 15.5. The normalized spacial score (nSPS) is 11.3. The maximum atomic E-state index is 4.75. The van der Waals surface area contributed by atoms with E-state index in [4.69, 9.17) is 4.98 Å². The van der Waals surface area contributed by atoms with E-state index < -0.39 is 0 Å². The van der Waals surface area contributed by atoms with E-state index in [1.54, 1.807) is 11.3 Å². The Morgan fingerprint density at radius 1 is 1.18 bits per heavy atom. The van der Waals surface area contributed by atoms with E-state index in [9.17, 15) is 0 Å². The summed E-state index contributed by atoms with van der Waals surface area (Å²) in [4.78, 5) is 7.01. The first-order valence-electron chi connectivity index (χ1n) is 7.27. The van der Waals surface area contributed by atoms with Crippen molar-refractivity contribution in [3.8, 4) is 10.6 Å². The standard InChI is InChI=1S/C17H20N4S/c1-13-4-6-15(7-5-13)17-19-16(12-22-17)11-20(2)9-14-8-18-21(3)10-14/h4-8,10,12H,9,11H2,1-3H3. The zero-order valence-corrected chi connectivity index (χ0v) is 14.0. The molecule has 2 aromatic heterocycles. The van der Waals surface area contributed by atoms with Crippen molar-refractivity contribution in [2.45, 2.75) is 20.0 Å². The van der Waals surface area contributed by atoms with E-state index in [0.29, 0.717) is 0 Å². The molecular weight excluding hydrogens is 292 g/mol. The summed E-state index contributed by atoms with van der Waals surface area (Å²) >= 11 is 1.71. The van der Waals surface area contributed by atoms with Gasteiger partial charge in [-0.15, -0.1) is 11.3 Å². The first-order chi connectivity index (χ1) is 10.6. The first kappa shape index (κ1) is 14.9. The molecular formula is C17H20N4S. The molecule has 0 aliphatic heterocycles. The van der Waals surface area contributed by atoms with Crippen molar-refractivity contribution < 1.29 is 0 Å². The van der Waals surface area contributed by atoms with Crippen molar-refractivity contribution in [1.82, 2.24) is 19.7 Å². The Morgan fingerprint density at radius 3 is 2.64 bits per heavy atom. The number of nitrogens with zero attached hydrogens (tertiary/aromatic N) is 4. The van der Waals surface area contributed by atoms with Crippen LogP contribution in [0.3, 0.4) is 0 Å². The summed E-state index contributed by atoms with van der Waals surface area (Å²) in [6.45, 7) is 3.83. The van der Waals surface area contributed by atoms with Crippen LogP contribution in [0.2, 0.25) is 0 Å². The average Bonchev–Trinajstić information content (AvgIpc) is 3.09. The fraction of sp³-hybridized carbons (Fsp3) is 0.294. The van der Waals surface area contributed by atoms with Gasteiger partial charge in [0.15, 0.2) is 0 Å². The monoisotopic (exact) mass is 312 g/mol. The second kappa shape index (κ2) is 6.42. The van der Waals surface area contributed by atoms with Gasteiger partial charge in [-0.1, -0.05) is 29.8 Å². The largest absolute Gasteiger partial charge is 0.296 e. The van der Waals surface area contributed by atoms with Gasteiger partial charge in [0.1, 0.15) is 5.01 Å². The lowest BCUT2D eigenvalue weighted by molar-refractivity contribution is 0.316. The number of aryl methyl sites for hydroxylation is 2. The number of hydrogen-bond donors (Lipinski definition) is 0. The minimum Gasteiger partial charge on any atom is -0.296 e. The molecule has 0 fully saturated rings. The van der Waals surface area contributed by atoms with Gasteiger partial charge in [0.2, 0.25) is 0 Å². The quantitative estimate of drug-likeness (QED) is 0.723. The highest BCUT2D eigenvalue weighted by Crippen LogP contribution is 2.24. The van der Waals surface area contributed by atoms with Crippen molar-refractivity contribution in [2.24, 2.45) is 7.05 Å². The molecule has 0 radical (unpaired) electrons. The second-order valence-corrected chi connectivity index (χ2v) is 6.56. The molecule has 0 N–H and O–H groups in total. The molecule has 5 heteroatoms. The third kappa shape index (κ3) is 3.61. The van der Waals surface area contributed by atoms with E-state index >= 15 is 0 Å². The number of hydrogen-bond acceptors (Lipinski definition) is 4. The summed E-state index contributed by atoms with van der Waals surface area (Å²) < 4.78 is 1.83. The lowest BCUT2D eigenvalue weighted by atomic mass is 10.2. The summed E-state index contributed by atoms with van der Waals surface area (Å²) in [6.07, 6.45) is 3.96. The molecule has 0 unspecified atom stereocenters. The predicted octanol–water partition coefficient (Wildman–Crippen LogP) is 3.48. The number of aromatic nitrogens is 3. The van der Waals surface area contributed by atoms with Gasteiger partial charge in [0, 0.05) is 42.8 Å². The number of rotatable bonds is 5. The van der Waals surface area contributed by atoms with Gasteiger partial charge in [0.25, 0.3) is 0 Å². The van der Waals surface area contributed by atoms with E-state index in [0.717, 1.165) is 23.8 Å². The van der Waals surface area contributed by atoms with Crippen molar-refractivity contribution in [3.05, 3.63) is 58.9 Å². The molecule has 0 saturated carbocycles. The molecule has 3 aromatic rings. The van der Waals surface area contributed by atoms with E-state index in [-0.39, 0.29) is 0 Å². The molecule has 4 nitrogen and oxygen atoms in total. The number of benzene rings is 1. The topological polar surface area (TPSA) is 34.0 Å². The summed E-state index contributed by atoms with van der Waals surface area (Å²) in [5.74, 6) is 0. The Kier molecular flexibility index (Phi) is 4.36. The van der Waals surface area contributed by atoms with Crippen molar-refractivity contribution in [1.29, 1.82) is 0 Å². The first-order valence-corrected chi connectivity index (χ1v) is 8.15. The van der Waals surface area contributed by atoms with Crippen LogP contribution in [0.1, 0.15) is 16.8 Å². The molecule has 114 valence electrons. The number of thiazole rings is 1. The van der Waals surface area contributed by atoms with E-state index in [1.807, 2.05) is 17.9 Å². The predicted molar refractivity (Wildman–Crippen MR) is 90.7 cm³/mol. The van der Waals surface area contributed by atoms with Crippen LogP contribution in [0.5, 0.6) is 0 Å². The lowest BCUT2D eigenvalue weighted by Crippen LogP contribution is -2.17. The third-order valence-corrected chi connectivity index (χ3v) is 4.43. The van der Waals surface area contributed by atoms with Crippen LogP contribution in [-0.2, 0) is 20.1 Å². The summed E-state index contributed by atoms with van der Waals surface area (Å²) in [7, 11) is 4.05. The molecule has 0 aliphatic carbocycles. The molecule has 3 rings (SSSR count). The highest BCUT2D eigenvalue weighted by Gasteiger charge is 2.08. The van der Waals surface area contributed by atoms with E-state index in [2.05, 4.69) is 59.8 Å². The maximum absolute atomic E-state index is 4.75. The van der Waals surface area contributed by atoms with Gasteiger partial charge in [-0.3, -0.25) is 9.58 Å². The van der Waals surface area contributed by atoms with Gasteiger partial charge in [-0.05, 0) is 14.0 Å². The van der Waals surface area contributed by atoms with Crippen LogP contribution in [0, 0.1) is 6.92 Å². The summed E-state index contributed by atoms with van der Waals surface area (Å²) in [6, 6.07) is 8.53. The molecule has 0 bridgehead atoms. The van der Waals surface area contributed by atoms with Crippen LogP contribution in [0.4, 0.5) is 0 Å². The van der Waals surface area contributed by atoms with Crippen LogP contribution < -0.4 is 0 Å². The van der Waals surface area contributed by atoms with Crippen molar-refractivity contribution in [3.63, 3.8) is 0 Å². The molecule has 0 saturated heterocycles. The van der Waals surface area contributed by atoms with Gasteiger partial charge in [0.05, 0.1) is 11.9 Å². The molecule has 0 aliphatic rings. The van der Waals surface area contributed by atoms with Crippen molar-refractivity contribution >= 4 is 11.3 Å². The van der Waals surface area contributed by atoms with Gasteiger partial charge in [-0.25, -0.2) is 4.98 Å². The minimum atomic E-state index is 0.844. The van der Waals surface area contributed by atoms with Crippen molar-refractivity contribution in [2.75, 3.05) is 7.05 Å². The molecule has 0 amide bonds. The fourth-order valence-electron chi connectivity index (χ4n) is 2.41. The molecule has 2 heterocycles. The molecule has 0 spiro atoms. The van der Waals surface area contributed by atoms with Gasteiger partial charge < -0.3 is 0 Å². The summed E-state index contributed by atoms with van der Waals surface area (Å²) in [5, 5.41) is 7.44. The highest BCUT2D eigenvalue weighted by atomic mass is 32.1. The molecule has 0 atom stereocenters. The van der Waals surface area contributed by atoms with Crippen LogP contribution in [0.25, 0.3) is 10.6 Å². The Morgan fingerprint density at radius 2 is 1.95 bits per heavy atom. The maximum Gasteiger partial charge on any atom is 0.123 e. The summed E-state index contributed by atoms with van der Waals surface area (Å²) in [5.41, 5.74) is 4.81. The Bertz CT molecular complexity index is 742. The van der Waals surface area contributed by atoms with Crippen LogP contribution in [0.15, 0.2) is 42.0 Å². The highest BCUT2D eigenvalue weighted by molar-refractivity contribution is 7.13. The van der Waals surface area contributed by atoms with Gasteiger partial charge >= 0.3 is 0 Å². The second-order valence-electron chi connectivity index (χ2n) is 5.70. The van der Waals surface area contributed by atoms with E-state index in [1.165, 1.54) is 16.7 Å². The SMILES string of the molecule is Cc1ccc(-c2nc(CN(C)Cc3cnn(C)c3)cs2)cc1. The lowest BCUT2D eigenvalue weighted by Gasteiger charge is -2.13. The van der Waals surface area contributed by atoms with Gasteiger partial charge in [-0.2, -0.15) is 5.10 Å². The third-order valence-electron chi connectivity index (χ3n) is 3.49. The smallest absolute Gasteiger partial charge is 0.123 e. The zero-order valence-electron chi connectivity index (χ0n) is 13.2. The molecule has 22 heavy (non-hydrogen) atoms. The fourth-order valence-corrected chi connectivity index (χ4v) is 3.22. The van der Waals surface area contributed by atoms with Crippen LogP contribution >= 0.6 is 11.3 Å². The Labute approximate surface area is 135 Å². The molecule has 1 aromatic carbocycles.